The van der Waals surface area contributed by atoms with Crippen molar-refractivity contribution in [3.05, 3.63) is 14.8 Å². The van der Waals surface area contributed by atoms with Crippen molar-refractivity contribution in [3.8, 4) is 0 Å². The molecule has 1 aromatic rings. The molecule has 8 heteroatoms. The minimum Gasteiger partial charge on any atom is -0.390 e. The zero-order chi connectivity index (χ0) is 13.9. The Morgan fingerprint density at radius 2 is 2.00 bits per heavy atom. The Labute approximate surface area is 125 Å². The third kappa shape index (κ3) is 3.47. The van der Waals surface area contributed by atoms with Crippen LogP contribution in [-0.4, -0.2) is 25.4 Å². The first-order valence-corrected chi connectivity index (χ1v) is 7.84. The lowest BCUT2D eigenvalue weighted by molar-refractivity contribution is -0.394. The second-order valence-electron chi connectivity index (χ2n) is 5.17. The highest BCUT2D eigenvalue weighted by Gasteiger charge is 2.33. The van der Waals surface area contributed by atoms with Gasteiger partial charge >= 0.3 is 5.95 Å². The normalized spacial score (nSPS) is 19.1. The number of hydrogen-bond acceptors (Lipinski definition) is 5. The lowest BCUT2D eigenvalue weighted by Gasteiger charge is -2.29. The van der Waals surface area contributed by atoms with E-state index in [1.165, 1.54) is 25.7 Å². The zero-order valence-corrected chi connectivity index (χ0v) is 13.1. The fraction of sp³-hybridized carbons (Fsp3) is 0.818. The van der Waals surface area contributed by atoms with Gasteiger partial charge in [0.25, 0.3) is 4.73 Å². The summed E-state index contributed by atoms with van der Waals surface area (Å²) < 4.78 is 2.02. The van der Waals surface area contributed by atoms with E-state index >= 15 is 0 Å². The van der Waals surface area contributed by atoms with Gasteiger partial charge in [0.1, 0.15) is 0 Å². The van der Waals surface area contributed by atoms with Crippen molar-refractivity contribution in [1.82, 2.24) is 14.8 Å². The van der Waals surface area contributed by atoms with Gasteiger partial charge in [0.2, 0.25) is 0 Å². The van der Waals surface area contributed by atoms with Crippen LogP contribution < -0.4 is 0 Å². The second-order valence-corrected chi connectivity index (χ2v) is 6.19. The lowest BCUT2D eigenvalue weighted by Crippen LogP contribution is -2.29. The standard InChI is InChI=1S/C11H17BrN4O2S/c12-9-13-10(16(17)18)14-15(9)7-11(8-19)5-3-1-2-4-6-11/h19H,1-8H2. The summed E-state index contributed by atoms with van der Waals surface area (Å²) in [4.78, 5) is 13.9. The summed E-state index contributed by atoms with van der Waals surface area (Å²) in [5.41, 5.74) is 0.0731. The summed E-state index contributed by atoms with van der Waals surface area (Å²) in [7, 11) is 0. The highest BCUT2D eigenvalue weighted by molar-refractivity contribution is 9.10. The predicted molar refractivity (Wildman–Crippen MR) is 78.4 cm³/mol. The Morgan fingerprint density at radius 1 is 1.37 bits per heavy atom. The summed E-state index contributed by atoms with van der Waals surface area (Å²) in [5, 5.41) is 14.6. The topological polar surface area (TPSA) is 73.8 Å². The molecule has 0 N–H and O–H groups in total. The smallest absolute Gasteiger partial charge is 0.390 e. The first kappa shape index (κ1) is 14.8. The highest BCUT2D eigenvalue weighted by atomic mass is 79.9. The minimum atomic E-state index is -0.568. The van der Waals surface area contributed by atoms with Crippen molar-refractivity contribution in [2.45, 2.75) is 45.1 Å². The van der Waals surface area contributed by atoms with Crippen LogP contribution in [0.1, 0.15) is 38.5 Å². The van der Waals surface area contributed by atoms with Crippen molar-refractivity contribution >= 4 is 34.5 Å². The summed E-state index contributed by atoms with van der Waals surface area (Å²) >= 11 is 7.74. The van der Waals surface area contributed by atoms with E-state index < -0.39 is 4.92 Å². The van der Waals surface area contributed by atoms with E-state index in [0.29, 0.717) is 11.3 Å². The van der Waals surface area contributed by atoms with Crippen LogP contribution >= 0.6 is 28.6 Å². The van der Waals surface area contributed by atoms with Gasteiger partial charge in [-0.1, -0.05) is 25.7 Å². The van der Waals surface area contributed by atoms with Crippen molar-refractivity contribution < 1.29 is 4.92 Å². The summed E-state index contributed by atoms with van der Waals surface area (Å²) in [6.07, 6.45) is 7.08. The van der Waals surface area contributed by atoms with E-state index in [4.69, 9.17) is 0 Å². The molecule has 2 rings (SSSR count). The molecule has 0 unspecified atom stereocenters. The van der Waals surface area contributed by atoms with Gasteiger partial charge in [-0.2, -0.15) is 17.3 Å². The van der Waals surface area contributed by atoms with E-state index in [1.807, 2.05) is 0 Å². The van der Waals surface area contributed by atoms with Crippen LogP contribution in [0.25, 0.3) is 0 Å². The van der Waals surface area contributed by atoms with E-state index in [1.54, 1.807) is 4.68 Å². The summed E-state index contributed by atoms with van der Waals surface area (Å²) in [6.45, 7) is 0.637. The first-order chi connectivity index (χ1) is 9.06. The maximum atomic E-state index is 10.7. The van der Waals surface area contributed by atoms with Crippen molar-refractivity contribution in [1.29, 1.82) is 0 Å². The molecule has 1 aliphatic carbocycles. The molecule has 0 aliphatic heterocycles. The van der Waals surface area contributed by atoms with Crippen LogP contribution in [0.5, 0.6) is 0 Å². The van der Waals surface area contributed by atoms with E-state index in [0.717, 1.165) is 18.6 Å². The largest absolute Gasteiger partial charge is 0.492 e. The molecule has 106 valence electrons. The van der Waals surface area contributed by atoms with E-state index in [2.05, 4.69) is 38.6 Å². The molecular formula is C11H17BrN4O2S. The van der Waals surface area contributed by atoms with Crippen LogP contribution in [0.2, 0.25) is 0 Å². The molecule has 1 heterocycles. The van der Waals surface area contributed by atoms with Crippen LogP contribution in [0, 0.1) is 15.5 Å². The molecule has 0 spiro atoms. The number of nitro groups is 1. The average molecular weight is 349 g/mol. The molecule has 0 aromatic carbocycles. The van der Waals surface area contributed by atoms with Crippen molar-refractivity contribution in [2.24, 2.45) is 5.41 Å². The maximum Gasteiger partial charge on any atom is 0.492 e. The maximum absolute atomic E-state index is 10.7. The van der Waals surface area contributed by atoms with Crippen LogP contribution in [-0.2, 0) is 6.54 Å². The van der Waals surface area contributed by atoms with Gasteiger partial charge in [-0.15, -0.1) is 0 Å². The molecule has 6 nitrogen and oxygen atoms in total. The third-order valence-electron chi connectivity index (χ3n) is 3.76. The van der Waals surface area contributed by atoms with Gasteiger partial charge in [-0.3, -0.25) is 0 Å². The fourth-order valence-electron chi connectivity index (χ4n) is 2.65. The van der Waals surface area contributed by atoms with Crippen molar-refractivity contribution in [2.75, 3.05) is 5.75 Å². The van der Waals surface area contributed by atoms with Gasteiger partial charge in [0.15, 0.2) is 0 Å². The number of hydrogen-bond donors (Lipinski definition) is 1. The second kappa shape index (κ2) is 6.21. The molecule has 0 saturated heterocycles. The van der Waals surface area contributed by atoms with Gasteiger partial charge in [0.05, 0.1) is 6.54 Å². The van der Waals surface area contributed by atoms with E-state index in [9.17, 15) is 10.1 Å². The van der Waals surface area contributed by atoms with E-state index in [-0.39, 0.29) is 11.4 Å². The van der Waals surface area contributed by atoms with Crippen LogP contribution in [0.4, 0.5) is 5.95 Å². The van der Waals surface area contributed by atoms with Gasteiger partial charge in [-0.25, -0.2) is 0 Å². The Balaban J connectivity index is 2.19. The third-order valence-corrected chi connectivity index (χ3v) is 5.02. The van der Waals surface area contributed by atoms with Gasteiger partial charge in [-0.05, 0) is 28.5 Å². The summed E-state index contributed by atoms with van der Waals surface area (Å²) in [6, 6.07) is 0. The molecule has 0 atom stereocenters. The van der Waals surface area contributed by atoms with Crippen LogP contribution in [0.3, 0.4) is 0 Å². The van der Waals surface area contributed by atoms with Gasteiger partial charge in [0, 0.05) is 26.4 Å². The molecule has 0 bridgehead atoms. The molecular weight excluding hydrogens is 332 g/mol. The molecule has 1 aliphatic rings. The molecule has 0 radical (unpaired) electrons. The summed E-state index contributed by atoms with van der Waals surface area (Å²) in [5.74, 6) is 0.419. The minimum absolute atomic E-state index is 0.0731. The SMILES string of the molecule is O=[N+]([O-])c1nc(Br)n(CC2(CS)CCCCCC2)n1. The molecule has 19 heavy (non-hydrogen) atoms. The Bertz CT molecular complexity index is 458. The highest BCUT2D eigenvalue weighted by Crippen LogP contribution is 2.38. The Hall–Kier alpha value is -0.630. The first-order valence-electron chi connectivity index (χ1n) is 6.42. The quantitative estimate of drug-likeness (QED) is 0.392. The number of nitrogens with zero attached hydrogens (tertiary/aromatic N) is 4. The lowest BCUT2D eigenvalue weighted by atomic mass is 9.82. The number of halogens is 1. The zero-order valence-electron chi connectivity index (χ0n) is 10.6. The fourth-order valence-corrected chi connectivity index (χ4v) is 3.43. The number of thiol groups is 1. The monoisotopic (exact) mass is 348 g/mol. The predicted octanol–water partition coefficient (Wildman–Crippen LogP) is 3.22. The van der Waals surface area contributed by atoms with Crippen LogP contribution in [0.15, 0.2) is 4.73 Å². The molecule has 1 saturated carbocycles. The molecule has 1 aromatic heterocycles. The average Bonchev–Trinajstić information content (AvgIpc) is 2.62. The van der Waals surface area contributed by atoms with Crippen molar-refractivity contribution in [3.63, 3.8) is 0 Å². The Morgan fingerprint density at radius 3 is 2.47 bits per heavy atom. The van der Waals surface area contributed by atoms with Gasteiger partial charge < -0.3 is 10.1 Å². The number of rotatable bonds is 4. The number of aromatic nitrogens is 3. The Kier molecular flexibility index (Phi) is 4.83. The molecule has 0 amide bonds. The molecule has 1 fully saturated rings.